The summed E-state index contributed by atoms with van der Waals surface area (Å²) in [5.74, 6) is 0. The van der Waals surface area contributed by atoms with Crippen LogP contribution in [0.25, 0.3) is 0 Å². The Morgan fingerprint density at radius 2 is 2.15 bits per heavy atom. The Balaban J connectivity index is 0.000000223. The Morgan fingerprint density at radius 3 is 2.23 bits per heavy atom. The normalized spacial score (nSPS) is 9.85. The Bertz CT molecular complexity index is 226. The quantitative estimate of drug-likeness (QED) is 0.776. The predicted molar refractivity (Wildman–Crippen MR) is 55.4 cm³/mol. The molecule has 74 valence electrons. The van der Waals surface area contributed by atoms with Crippen LogP contribution in [0.3, 0.4) is 0 Å². The van der Waals surface area contributed by atoms with Crippen LogP contribution in [0.15, 0.2) is 22.9 Å². The molecule has 3 nitrogen and oxygen atoms in total. The Labute approximate surface area is 86.6 Å². The fourth-order valence-electron chi connectivity index (χ4n) is 0.448. The van der Waals surface area contributed by atoms with Gasteiger partial charge in [-0.15, -0.1) is 0 Å². The minimum Gasteiger partial charge on any atom is -0.462 e. The number of nitrogens with one attached hydrogen (secondary N) is 1. The van der Waals surface area contributed by atoms with Gasteiger partial charge in [0.15, 0.2) is 0 Å². The molecule has 0 aliphatic rings. The lowest BCUT2D eigenvalue weighted by Gasteiger charge is -2.14. The molecule has 0 bridgehead atoms. The van der Waals surface area contributed by atoms with Gasteiger partial charge in [-0.3, -0.25) is 4.79 Å². The summed E-state index contributed by atoms with van der Waals surface area (Å²) in [5, 5.41) is 0. The molecule has 1 aromatic heterocycles. The topological polar surface area (TPSA) is 42.1 Å². The van der Waals surface area contributed by atoms with Crippen LogP contribution in [0.2, 0.25) is 0 Å². The van der Waals surface area contributed by atoms with E-state index in [1.807, 2.05) is 39.2 Å². The van der Waals surface area contributed by atoms with Gasteiger partial charge in [0, 0.05) is 16.9 Å². The molecule has 0 aromatic carbocycles. The van der Waals surface area contributed by atoms with Crippen molar-refractivity contribution in [1.82, 2.24) is 4.98 Å². The Morgan fingerprint density at radius 1 is 1.54 bits per heavy atom. The van der Waals surface area contributed by atoms with Gasteiger partial charge in [0.2, 0.25) is 0 Å². The number of ether oxygens (including phenoxy) is 1. The summed E-state index contributed by atoms with van der Waals surface area (Å²) < 4.78 is 5.65. The number of aromatic nitrogens is 1. The van der Waals surface area contributed by atoms with Crippen LogP contribution in [0.4, 0.5) is 0 Å². The molecule has 0 aliphatic carbocycles. The van der Waals surface area contributed by atoms with Gasteiger partial charge in [-0.2, -0.15) is 0 Å². The van der Waals surface area contributed by atoms with Crippen molar-refractivity contribution in [3.8, 4) is 0 Å². The number of hydrogen-bond acceptors (Lipinski definition) is 2. The maximum Gasteiger partial charge on any atom is 0.293 e. The minimum atomic E-state index is -0.318. The second-order valence-electron chi connectivity index (χ2n) is 3.36. The summed E-state index contributed by atoms with van der Waals surface area (Å²) in [7, 11) is 0. The monoisotopic (exact) mass is 247 g/mol. The maximum absolute atomic E-state index is 9.60. The van der Waals surface area contributed by atoms with Crippen molar-refractivity contribution in [3.05, 3.63) is 22.9 Å². The van der Waals surface area contributed by atoms with Crippen LogP contribution in [0.5, 0.6) is 0 Å². The van der Waals surface area contributed by atoms with Crippen molar-refractivity contribution in [1.29, 1.82) is 0 Å². The number of halogens is 1. The van der Waals surface area contributed by atoms with Gasteiger partial charge in [-0.1, -0.05) is 0 Å². The summed E-state index contributed by atoms with van der Waals surface area (Å²) >= 11 is 3.25. The predicted octanol–water partition coefficient (Wildman–Crippen LogP) is 2.74. The number of aromatic amines is 1. The third-order valence-electron chi connectivity index (χ3n) is 0.962. The van der Waals surface area contributed by atoms with E-state index in [1.165, 1.54) is 0 Å². The number of rotatable bonds is 1. The van der Waals surface area contributed by atoms with Crippen LogP contribution >= 0.6 is 15.9 Å². The summed E-state index contributed by atoms with van der Waals surface area (Å²) in [4.78, 5) is 12.5. The molecular weight excluding hydrogens is 234 g/mol. The van der Waals surface area contributed by atoms with Gasteiger partial charge in [-0.05, 0) is 42.8 Å². The number of H-pyrrole nitrogens is 1. The number of carbonyl (C=O) groups excluding carboxylic acids is 1. The smallest absolute Gasteiger partial charge is 0.293 e. The zero-order valence-corrected chi connectivity index (χ0v) is 9.59. The van der Waals surface area contributed by atoms with E-state index in [9.17, 15) is 4.79 Å². The highest BCUT2D eigenvalue weighted by molar-refractivity contribution is 9.10. The zero-order valence-electron chi connectivity index (χ0n) is 8.00. The molecule has 0 saturated carbocycles. The second-order valence-corrected chi connectivity index (χ2v) is 4.27. The molecule has 0 fully saturated rings. The lowest BCUT2D eigenvalue weighted by Crippen LogP contribution is -2.17. The maximum atomic E-state index is 9.60. The second kappa shape index (κ2) is 5.80. The summed E-state index contributed by atoms with van der Waals surface area (Å²) in [5.41, 5.74) is -0.318. The van der Waals surface area contributed by atoms with Crippen LogP contribution in [0.1, 0.15) is 20.8 Å². The molecule has 0 amide bonds. The van der Waals surface area contributed by atoms with Crippen molar-refractivity contribution in [2.75, 3.05) is 0 Å². The summed E-state index contributed by atoms with van der Waals surface area (Å²) in [6, 6.07) is 1.94. The molecule has 1 aromatic rings. The Hall–Kier alpha value is -0.770. The molecule has 0 saturated heterocycles. The van der Waals surface area contributed by atoms with Crippen LogP contribution < -0.4 is 0 Å². The van der Waals surface area contributed by atoms with Crippen LogP contribution in [-0.2, 0) is 9.53 Å². The van der Waals surface area contributed by atoms with E-state index < -0.39 is 0 Å². The van der Waals surface area contributed by atoms with Gasteiger partial charge >= 0.3 is 0 Å². The largest absolute Gasteiger partial charge is 0.462 e. The zero-order chi connectivity index (χ0) is 10.3. The standard InChI is InChI=1S/C5H10O2.C4H4BrN/c1-5(2,3)7-4-6;5-4-1-2-6-3-4/h4H,1-3H3;1-3,6H. The third-order valence-corrected chi connectivity index (χ3v) is 1.45. The number of carbonyl (C=O) groups is 1. The summed E-state index contributed by atoms with van der Waals surface area (Å²) in [6.07, 6.45) is 3.74. The molecule has 0 radical (unpaired) electrons. The number of hydrogen-bond donors (Lipinski definition) is 1. The Kier molecular flexibility index (Phi) is 5.46. The van der Waals surface area contributed by atoms with Crippen molar-refractivity contribution < 1.29 is 9.53 Å². The molecule has 0 aliphatic heterocycles. The van der Waals surface area contributed by atoms with E-state index in [0.29, 0.717) is 6.47 Å². The molecule has 1 rings (SSSR count). The highest BCUT2D eigenvalue weighted by Crippen LogP contribution is 2.03. The fraction of sp³-hybridized carbons (Fsp3) is 0.444. The van der Waals surface area contributed by atoms with E-state index in [0.717, 1.165) is 4.47 Å². The first-order valence-corrected chi connectivity index (χ1v) is 4.65. The first-order chi connectivity index (χ1) is 5.95. The van der Waals surface area contributed by atoms with Gasteiger partial charge in [0.25, 0.3) is 6.47 Å². The van der Waals surface area contributed by atoms with Gasteiger partial charge < -0.3 is 9.72 Å². The lowest BCUT2D eigenvalue weighted by atomic mass is 10.2. The van der Waals surface area contributed by atoms with E-state index in [4.69, 9.17) is 0 Å². The molecule has 1 heterocycles. The van der Waals surface area contributed by atoms with Gasteiger partial charge in [0.05, 0.1) is 0 Å². The van der Waals surface area contributed by atoms with E-state index in [-0.39, 0.29) is 5.60 Å². The van der Waals surface area contributed by atoms with Crippen LogP contribution in [-0.4, -0.2) is 17.1 Å². The molecular formula is C9H14BrNO2. The fourth-order valence-corrected chi connectivity index (χ4v) is 0.712. The lowest BCUT2D eigenvalue weighted by molar-refractivity contribution is -0.138. The highest BCUT2D eigenvalue weighted by Gasteiger charge is 2.07. The first-order valence-electron chi connectivity index (χ1n) is 3.85. The van der Waals surface area contributed by atoms with E-state index in [1.54, 1.807) is 0 Å². The third kappa shape index (κ3) is 9.14. The van der Waals surface area contributed by atoms with E-state index in [2.05, 4.69) is 25.7 Å². The SMILES string of the molecule is Brc1cc[nH]c1.CC(C)(C)OC=O. The first kappa shape index (κ1) is 12.2. The van der Waals surface area contributed by atoms with E-state index >= 15 is 0 Å². The molecule has 1 N–H and O–H groups in total. The molecule has 0 atom stereocenters. The molecule has 13 heavy (non-hydrogen) atoms. The minimum absolute atomic E-state index is 0.318. The van der Waals surface area contributed by atoms with Crippen LogP contribution in [0, 0.1) is 0 Å². The van der Waals surface area contributed by atoms with Crippen molar-refractivity contribution in [3.63, 3.8) is 0 Å². The highest BCUT2D eigenvalue weighted by atomic mass is 79.9. The summed E-state index contributed by atoms with van der Waals surface area (Å²) in [6.45, 7) is 5.92. The average molecular weight is 248 g/mol. The average Bonchev–Trinajstić information content (AvgIpc) is 2.38. The van der Waals surface area contributed by atoms with Crippen molar-refractivity contribution in [2.45, 2.75) is 26.4 Å². The van der Waals surface area contributed by atoms with Crippen molar-refractivity contribution in [2.24, 2.45) is 0 Å². The van der Waals surface area contributed by atoms with Gasteiger partial charge in [-0.25, -0.2) is 0 Å². The molecule has 0 unspecified atom stereocenters. The molecule has 0 spiro atoms. The van der Waals surface area contributed by atoms with Crippen molar-refractivity contribution >= 4 is 22.4 Å². The van der Waals surface area contributed by atoms with Gasteiger partial charge in [0.1, 0.15) is 5.60 Å². The molecule has 4 heteroatoms.